The Morgan fingerprint density at radius 1 is 1.12 bits per heavy atom. The van der Waals surface area contributed by atoms with E-state index in [0.717, 1.165) is 16.8 Å². The highest BCUT2D eigenvalue weighted by Crippen LogP contribution is 2.31. The van der Waals surface area contributed by atoms with Gasteiger partial charge in [-0.05, 0) is 35.4 Å². The summed E-state index contributed by atoms with van der Waals surface area (Å²) in [7, 11) is 4.70. The molecule has 0 fully saturated rings. The van der Waals surface area contributed by atoms with Gasteiger partial charge in [0.2, 0.25) is 5.78 Å². The lowest BCUT2D eigenvalue weighted by Gasteiger charge is -2.13. The van der Waals surface area contributed by atoms with E-state index in [-0.39, 0.29) is 6.61 Å². The third-order valence-corrected chi connectivity index (χ3v) is 5.36. The lowest BCUT2D eigenvalue weighted by molar-refractivity contribution is -0.133. The zero-order valence-electron chi connectivity index (χ0n) is 17.8. The number of imidazole rings is 1. The van der Waals surface area contributed by atoms with Crippen molar-refractivity contribution in [3.63, 3.8) is 0 Å². The van der Waals surface area contributed by atoms with Crippen LogP contribution in [0, 0.1) is 0 Å². The van der Waals surface area contributed by atoms with E-state index in [2.05, 4.69) is 10.1 Å². The molecule has 2 aromatic heterocycles. The van der Waals surface area contributed by atoms with E-state index in [4.69, 9.17) is 25.8 Å². The van der Waals surface area contributed by atoms with Gasteiger partial charge in [-0.2, -0.15) is 14.6 Å². The van der Waals surface area contributed by atoms with Crippen molar-refractivity contribution in [2.75, 3.05) is 14.2 Å². The molecule has 0 N–H and O–H groups in total. The Morgan fingerprint density at radius 2 is 1.88 bits per heavy atom. The van der Waals surface area contributed by atoms with E-state index in [0.29, 0.717) is 27.8 Å². The van der Waals surface area contributed by atoms with Gasteiger partial charge in [-0.15, -0.1) is 0 Å². The predicted molar refractivity (Wildman–Crippen MR) is 120 cm³/mol. The van der Waals surface area contributed by atoms with Crippen LogP contribution in [0.5, 0.6) is 5.75 Å². The maximum Gasteiger partial charge on any atom is 0.341 e. The number of halogens is 1. The Labute approximate surface area is 189 Å². The quantitative estimate of drug-likeness (QED) is 0.238. The topological polar surface area (TPSA) is 79.9 Å². The second kappa shape index (κ2) is 9.15. The highest BCUT2D eigenvalue weighted by molar-refractivity contribution is 6.32. The van der Waals surface area contributed by atoms with E-state index < -0.39 is 5.97 Å². The van der Waals surface area contributed by atoms with Crippen molar-refractivity contribution >= 4 is 28.9 Å². The fraction of sp³-hybridized carbons (Fsp3) is 0.174. The molecule has 9 heteroatoms. The van der Waals surface area contributed by atoms with E-state index in [9.17, 15) is 4.79 Å². The summed E-state index contributed by atoms with van der Waals surface area (Å²) in [5.74, 6) is 0.850. The number of fused-ring (bicyclic) bond motifs is 1. The van der Waals surface area contributed by atoms with Crippen molar-refractivity contribution < 1.29 is 19.0 Å². The first-order valence-corrected chi connectivity index (χ1v) is 10.1. The van der Waals surface area contributed by atoms with Crippen molar-refractivity contribution in [3.05, 3.63) is 77.4 Å². The number of methoxy groups -OCH3 is 2. The minimum Gasteiger partial charge on any atom is -0.503 e. The normalized spacial score (nSPS) is 11.6. The molecule has 2 heterocycles. The molecule has 0 atom stereocenters. The Hall–Kier alpha value is -3.78. The molecule has 0 bridgehead atoms. The minimum absolute atomic E-state index is 0.260. The van der Waals surface area contributed by atoms with Gasteiger partial charge in [-0.1, -0.05) is 35.9 Å². The summed E-state index contributed by atoms with van der Waals surface area (Å²) >= 11 is 6.48. The Balaban J connectivity index is 1.55. The number of hydrogen-bond acceptors (Lipinski definition) is 6. The third kappa shape index (κ3) is 3.92. The molecule has 0 amide bonds. The lowest BCUT2D eigenvalue weighted by Crippen LogP contribution is -2.08. The van der Waals surface area contributed by atoms with E-state index >= 15 is 0 Å². The second-order valence-corrected chi connectivity index (χ2v) is 7.26. The molecule has 4 rings (SSSR count). The van der Waals surface area contributed by atoms with Gasteiger partial charge in [0.1, 0.15) is 24.3 Å². The summed E-state index contributed by atoms with van der Waals surface area (Å²) < 4.78 is 19.4. The van der Waals surface area contributed by atoms with Gasteiger partial charge < -0.3 is 18.8 Å². The number of aryl methyl sites for hydroxylation is 1. The smallest absolute Gasteiger partial charge is 0.341 e. The Morgan fingerprint density at radius 3 is 2.56 bits per heavy atom. The largest absolute Gasteiger partial charge is 0.503 e. The number of benzene rings is 2. The van der Waals surface area contributed by atoms with Gasteiger partial charge in [-0.25, -0.2) is 4.79 Å². The fourth-order valence-corrected chi connectivity index (χ4v) is 3.84. The third-order valence-electron chi connectivity index (χ3n) is 5.02. The fourth-order valence-electron chi connectivity index (χ4n) is 3.48. The first kappa shape index (κ1) is 21.5. The molecule has 0 aliphatic rings. The van der Waals surface area contributed by atoms with Crippen molar-refractivity contribution in [1.82, 2.24) is 19.2 Å². The number of esters is 1. The first-order valence-electron chi connectivity index (χ1n) is 9.71. The van der Waals surface area contributed by atoms with Crippen LogP contribution in [-0.2, 0) is 27.9 Å². The van der Waals surface area contributed by atoms with Crippen LogP contribution in [0.1, 0.15) is 11.1 Å². The molecule has 0 spiro atoms. The van der Waals surface area contributed by atoms with Gasteiger partial charge in [0.25, 0.3) is 0 Å². The molecule has 32 heavy (non-hydrogen) atoms. The molecule has 0 saturated carbocycles. The number of nitrogens with zero attached hydrogens (tertiary/aromatic N) is 4. The zero-order valence-corrected chi connectivity index (χ0v) is 18.5. The maximum atomic E-state index is 12.2. The predicted octanol–water partition coefficient (Wildman–Crippen LogP) is 4.13. The van der Waals surface area contributed by atoms with Crippen LogP contribution < -0.4 is 4.74 Å². The molecule has 8 nitrogen and oxygen atoms in total. The van der Waals surface area contributed by atoms with Gasteiger partial charge in [-0.3, -0.25) is 0 Å². The lowest BCUT2D eigenvalue weighted by atomic mass is 10.0. The molecule has 0 saturated heterocycles. The zero-order chi connectivity index (χ0) is 22.7. The molecule has 4 aromatic rings. The van der Waals surface area contributed by atoms with Crippen molar-refractivity contribution in [1.29, 1.82) is 0 Å². The first-order chi connectivity index (χ1) is 15.5. The molecule has 2 aromatic carbocycles. The van der Waals surface area contributed by atoms with Crippen LogP contribution in [0.25, 0.3) is 22.6 Å². The highest BCUT2D eigenvalue weighted by Gasteiger charge is 2.18. The van der Waals surface area contributed by atoms with E-state index in [1.54, 1.807) is 4.52 Å². The highest BCUT2D eigenvalue weighted by atomic mass is 35.5. The number of ether oxygens (including phenoxy) is 3. The average Bonchev–Trinajstić information content (AvgIpc) is 3.40. The Kier molecular flexibility index (Phi) is 6.13. The van der Waals surface area contributed by atoms with Gasteiger partial charge in [0.15, 0.2) is 5.15 Å². The average molecular weight is 453 g/mol. The van der Waals surface area contributed by atoms with Crippen molar-refractivity contribution in [2.24, 2.45) is 7.05 Å². The molecule has 0 unspecified atom stereocenters. The molecule has 0 aliphatic carbocycles. The van der Waals surface area contributed by atoms with Gasteiger partial charge in [0.05, 0.1) is 26.2 Å². The molecule has 0 radical (unpaired) electrons. The van der Waals surface area contributed by atoms with Crippen LogP contribution in [0.15, 0.2) is 61.1 Å². The second-order valence-electron chi connectivity index (χ2n) is 6.90. The molecule has 0 aliphatic heterocycles. The molecular weight excluding hydrogens is 432 g/mol. The molecular formula is C23H21ClN4O4. The molecule has 164 valence electrons. The number of carbonyl (C=O) groups excluding carboxylic acids is 1. The van der Waals surface area contributed by atoms with Crippen molar-refractivity contribution in [2.45, 2.75) is 6.61 Å². The van der Waals surface area contributed by atoms with E-state index in [1.165, 1.54) is 26.8 Å². The van der Waals surface area contributed by atoms with Crippen LogP contribution >= 0.6 is 11.6 Å². The van der Waals surface area contributed by atoms with Crippen LogP contribution in [0.2, 0.25) is 5.15 Å². The number of hydrogen-bond donors (Lipinski definition) is 0. The van der Waals surface area contributed by atoms with Gasteiger partial charge in [0, 0.05) is 12.6 Å². The monoisotopic (exact) mass is 452 g/mol. The summed E-state index contributed by atoms with van der Waals surface area (Å²) in [5.41, 5.74) is 3.55. The maximum absolute atomic E-state index is 12.2. The SMILES string of the molecule is CO/C=C(\C(=O)OC)c1ccccc1COc1ccc(-c2c(Cl)n3ncnc3n2C)cc1. The Bertz CT molecular complexity index is 1260. The summed E-state index contributed by atoms with van der Waals surface area (Å²) in [5, 5.41) is 4.63. The summed E-state index contributed by atoms with van der Waals surface area (Å²) in [4.78, 5) is 16.4. The van der Waals surface area contributed by atoms with Crippen LogP contribution in [0.3, 0.4) is 0 Å². The van der Waals surface area contributed by atoms with Crippen LogP contribution in [-0.4, -0.2) is 39.4 Å². The van der Waals surface area contributed by atoms with Gasteiger partial charge >= 0.3 is 5.97 Å². The van der Waals surface area contributed by atoms with E-state index in [1.807, 2.05) is 60.1 Å². The minimum atomic E-state index is -0.482. The summed E-state index contributed by atoms with van der Waals surface area (Å²) in [6.45, 7) is 0.260. The standard InChI is InChI=1S/C23H21ClN4O4/c1-27-20(21(24)28-23(27)25-14-26-28)15-8-10-17(11-9-15)32-12-16-6-4-5-7-18(16)19(13-30-2)22(29)31-3/h4-11,13-14H,12H2,1-3H3/b19-13-. The summed E-state index contributed by atoms with van der Waals surface area (Å²) in [6, 6.07) is 15.0. The van der Waals surface area contributed by atoms with Crippen molar-refractivity contribution in [3.8, 4) is 17.0 Å². The number of aromatic nitrogens is 4. The number of carbonyl (C=O) groups is 1. The summed E-state index contributed by atoms with van der Waals surface area (Å²) in [6.07, 6.45) is 2.84. The number of rotatable bonds is 7. The van der Waals surface area contributed by atoms with Crippen LogP contribution in [0.4, 0.5) is 0 Å².